The molecule has 114 valence electrons. The summed E-state index contributed by atoms with van der Waals surface area (Å²) in [5.74, 6) is 1.42. The summed E-state index contributed by atoms with van der Waals surface area (Å²) in [7, 11) is 0. The van der Waals surface area contributed by atoms with Crippen LogP contribution in [0.3, 0.4) is 0 Å². The Hall–Kier alpha value is -3.42. The second-order valence-corrected chi connectivity index (χ2v) is 4.91. The Kier molecular flexibility index (Phi) is 3.12. The molecule has 0 aliphatic carbocycles. The fraction of sp³-hybridized carbons (Fsp3) is 0.0667. The number of hydrogen-bond donors (Lipinski definition) is 3. The highest BCUT2D eigenvalue weighted by atomic mass is 16.3. The van der Waals surface area contributed by atoms with Crippen molar-refractivity contribution in [2.45, 2.75) is 6.54 Å². The lowest BCUT2D eigenvalue weighted by Gasteiger charge is -2.09. The molecule has 0 amide bonds. The topological polar surface area (TPSA) is 119 Å². The maximum Gasteiger partial charge on any atom is 0.222 e. The SMILES string of the molecule is Nc1nc(NCc2ncco2)c2ccc(-c3ccn[nH]3)cc2n1. The standard InChI is InChI=1S/C15H13N7O/c16-15-20-12-7-9(11-3-4-19-22-11)1-2-10(12)14(21-15)18-8-13-17-5-6-23-13/h1-7H,8H2,(H,19,22)(H3,16,18,20,21). The lowest BCUT2D eigenvalue weighted by atomic mass is 10.1. The fourth-order valence-corrected chi connectivity index (χ4v) is 2.37. The van der Waals surface area contributed by atoms with E-state index in [1.807, 2.05) is 24.3 Å². The van der Waals surface area contributed by atoms with Crippen molar-refractivity contribution >= 4 is 22.7 Å². The number of nitrogen functional groups attached to an aromatic ring is 1. The second-order valence-electron chi connectivity index (χ2n) is 4.91. The molecule has 8 nitrogen and oxygen atoms in total. The Morgan fingerprint density at radius 2 is 2.13 bits per heavy atom. The predicted octanol–water partition coefficient (Wildman–Crippen LogP) is 2.20. The Morgan fingerprint density at radius 1 is 1.17 bits per heavy atom. The van der Waals surface area contributed by atoms with Crippen LogP contribution in [-0.4, -0.2) is 25.1 Å². The summed E-state index contributed by atoms with van der Waals surface area (Å²) in [5, 5.41) is 10.9. The predicted molar refractivity (Wildman–Crippen MR) is 85.4 cm³/mol. The molecule has 4 aromatic rings. The normalized spacial score (nSPS) is 11.0. The molecule has 0 saturated carbocycles. The molecule has 4 N–H and O–H groups in total. The van der Waals surface area contributed by atoms with Gasteiger partial charge in [0.25, 0.3) is 0 Å². The van der Waals surface area contributed by atoms with Crippen molar-refractivity contribution in [1.29, 1.82) is 0 Å². The molecular weight excluding hydrogens is 294 g/mol. The number of benzene rings is 1. The first-order chi connectivity index (χ1) is 11.3. The monoisotopic (exact) mass is 307 g/mol. The van der Waals surface area contributed by atoms with Gasteiger partial charge >= 0.3 is 0 Å². The molecule has 8 heteroatoms. The Balaban J connectivity index is 1.73. The molecule has 1 aromatic carbocycles. The van der Waals surface area contributed by atoms with Crippen LogP contribution < -0.4 is 11.1 Å². The van der Waals surface area contributed by atoms with E-state index in [1.165, 1.54) is 6.26 Å². The van der Waals surface area contributed by atoms with E-state index in [-0.39, 0.29) is 5.95 Å². The van der Waals surface area contributed by atoms with Gasteiger partial charge in [0.15, 0.2) is 0 Å². The van der Waals surface area contributed by atoms with Gasteiger partial charge in [-0.25, -0.2) is 9.97 Å². The Bertz CT molecular complexity index is 932. The van der Waals surface area contributed by atoms with Crippen molar-refractivity contribution in [3.63, 3.8) is 0 Å². The highest BCUT2D eigenvalue weighted by Crippen LogP contribution is 2.26. The van der Waals surface area contributed by atoms with Crippen LogP contribution in [0.5, 0.6) is 0 Å². The number of fused-ring (bicyclic) bond motifs is 1. The average molecular weight is 307 g/mol. The highest BCUT2D eigenvalue weighted by molar-refractivity contribution is 5.92. The van der Waals surface area contributed by atoms with Gasteiger partial charge in [0.05, 0.1) is 24.0 Å². The Labute approximate surface area is 130 Å². The van der Waals surface area contributed by atoms with Gasteiger partial charge in [-0.1, -0.05) is 6.07 Å². The number of hydrogen-bond acceptors (Lipinski definition) is 7. The smallest absolute Gasteiger partial charge is 0.222 e. The average Bonchev–Trinajstić information content (AvgIpc) is 3.25. The molecule has 3 heterocycles. The molecule has 0 saturated heterocycles. The summed E-state index contributed by atoms with van der Waals surface area (Å²) in [6, 6.07) is 7.76. The Morgan fingerprint density at radius 3 is 2.91 bits per heavy atom. The van der Waals surface area contributed by atoms with Crippen molar-refractivity contribution in [2.75, 3.05) is 11.1 Å². The number of anilines is 2. The van der Waals surface area contributed by atoms with E-state index in [1.54, 1.807) is 12.4 Å². The van der Waals surface area contributed by atoms with Crippen LogP contribution in [0.4, 0.5) is 11.8 Å². The number of rotatable bonds is 4. The third-order valence-corrected chi connectivity index (χ3v) is 3.42. The van der Waals surface area contributed by atoms with Crippen molar-refractivity contribution in [2.24, 2.45) is 0 Å². The second kappa shape index (κ2) is 5.41. The van der Waals surface area contributed by atoms with E-state index in [4.69, 9.17) is 10.2 Å². The minimum Gasteiger partial charge on any atom is -0.447 e. The van der Waals surface area contributed by atoms with Gasteiger partial charge in [0.2, 0.25) is 11.8 Å². The van der Waals surface area contributed by atoms with Crippen molar-refractivity contribution < 1.29 is 4.42 Å². The number of aromatic nitrogens is 5. The molecule has 0 atom stereocenters. The van der Waals surface area contributed by atoms with Crippen LogP contribution >= 0.6 is 0 Å². The van der Waals surface area contributed by atoms with Gasteiger partial charge in [-0.3, -0.25) is 5.10 Å². The summed E-state index contributed by atoms with van der Waals surface area (Å²) < 4.78 is 5.21. The van der Waals surface area contributed by atoms with E-state index in [0.717, 1.165) is 22.2 Å². The van der Waals surface area contributed by atoms with Crippen LogP contribution in [0.2, 0.25) is 0 Å². The molecule has 0 unspecified atom stereocenters. The van der Waals surface area contributed by atoms with Crippen LogP contribution in [0.15, 0.2) is 47.3 Å². The number of aromatic amines is 1. The first-order valence-corrected chi connectivity index (χ1v) is 6.99. The molecule has 23 heavy (non-hydrogen) atoms. The molecule has 0 bridgehead atoms. The minimum atomic E-state index is 0.203. The zero-order valence-electron chi connectivity index (χ0n) is 12.0. The van der Waals surface area contributed by atoms with E-state index in [0.29, 0.717) is 18.3 Å². The number of nitrogens with two attached hydrogens (primary N) is 1. The molecule has 4 rings (SSSR count). The molecule has 0 spiro atoms. The molecule has 0 fully saturated rings. The van der Waals surface area contributed by atoms with Crippen molar-refractivity contribution in [3.05, 3.63) is 48.8 Å². The van der Waals surface area contributed by atoms with Gasteiger partial charge in [-0.15, -0.1) is 0 Å². The van der Waals surface area contributed by atoms with Gasteiger partial charge in [-0.2, -0.15) is 10.1 Å². The van der Waals surface area contributed by atoms with Gasteiger partial charge < -0.3 is 15.5 Å². The van der Waals surface area contributed by atoms with Crippen LogP contribution in [0.25, 0.3) is 22.2 Å². The van der Waals surface area contributed by atoms with E-state index in [2.05, 4.69) is 30.5 Å². The summed E-state index contributed by atoms with van der Waals surface area (Å²) >= 11 is 0. The summed E-state index contributed by atoms with van der Waals surface area (Å²) in [4.78, 5) is 12.6. The minimum absolute atomic E-state index is 0.203. The third-order valence-electron chi connectivity index (χ3n) is 3.42. The molecule has 3 aromatic heterocycles. The van der Waals surface area contributed by atoms with E-state index in [9.17, 15) is 0 Å². The van der Waals surface area contributed by atoms with Crippen LogP contribution in [-0.2, 0) is 6.54 Å². The molecule has 0 aliphatic rings. The first-order valence-electron chi connectivity index (χ1n) is 6.99. The van der Waals surface area contributed by atoms with Crippen molar-refractivity contribution in [3.8, 4) is 11.3 Å². The van der Waals surface area contributed by atoms with E-state index < -0.39 is 0 Å². The third kappa shape index (κ3) is 2.57. The highest BCUT2D eigenvalue weighted by Gasteiger charge is 2.09. The van der Waals surface area contributed by atoms with Gasteiger partial charge in [-0.05, 0) is 18.2 Å². The summed E-state index contributed by atoms with van der Waals surface area (Å²) in [5.41, 5.74) is 8.46. The lowest BCUT2D eigenvalue weighted by Crippen LogP contribution is -2.05. The summed E-state index contributed by atoms with van der Waals surface area (Å²) in [6.07, 6.45) is 4.83. The quantitative estimate of drug-likeness (QED) is 0.528. The lowest BCUT2D eigenvalue weighted by molar-refractivity contribution is 0.503. The van der Waals surface area contributed by atoms with Gasteiger partial charge in [0.1, 0.15) is 12.1 Å². The molecule has 0 aliphatic heterocycles. The van der Waals surface area contributed by atoms with Crippen molar-refractivity contribution in [1.82, 2.24) is 25.1 Å². The van der Waals surface area contributed by atoms with Crippen LogP contribution in [0, 0.1) is 0 Å². The fourth-order valence-electron chi connectivity index (χ4n) is 2.37. The van der Waals surface area contributed by atoms with E-state index >= 15 is 0 Å². The number of H-pyrrole nitrogens is 1. The maximum absolute atomic E-state index is 5.82. The molecule has 0 radical (unpaired) electrons. The zero-order chi connectivity index (χ0) is 15.6. The number of oxazole rings is 1. The number of nitrogens with zero attached hydrogens (tertiary/aromatic N) is 4. The van der Waals surface area contributed by atoms with Crippen LogP contribution in [0.1, 0.15) is 5.89 Å². The summed E-state index contributed by atoms with van der Waals surface area (Å²) in [6.45, 7) is 0.418. The number of nitrogens with one attached hydrogen (secondary N) is 2. The maximum atomic E-state index is 5.82. The van der Waals surface area contributed by atoms with Gasteiger partial charge in [0, 0.05) is 17.1 Å². The zero-order valence-corrected chi connectivity index (χ0v) is 12.0. The largest absolute Gasteiger partial charge is 0.447 e. The first kappa shape index (κ1) is 13.3. The molecular formula is C15H13N7O.